The second-order valence-electron chi connectivity index (χ2n) is 9.02. The number of para-hydroxylation sites is 1. The molecule has 0 radical (unpaired) electrons. The lowest BCUT2D eigenvalue weighted by molar-refractivity contribution is -0.143. The zero-order valence-electron chi connectivity index (χ0n) is 20.8. The van der Waals surface area contributed by atoms with Gasteiger partial charge in [0.05, 0.1) is 27.9 Å². The van der Waals surface area contributed by atoms with Gasteiger partial charge in [0.25, 0.3) is 5.56 Å². The first-order valence-electron chi connectivity index (χ1n) is 11.7. The molecule has 0 fully saturated rings. The summed E-state index contributed by atoms with van der Waals surface area (Å²) in [5.41, 5.74) is 4.61. The third-order valence-electron chi connectivity index (χ3n) is 6.23. The van der Waals surface area contributed by atoms with Crippen LogP contribution in [0.4, 0.5) is 0 Å². The Kier molecular flexibility index (Phi) is 6.49. The fraction of sp³-hybridized carbons (Fsp3) is 0.250. The monoisotopic (exact) mass is 517 g/mol. The minimum Gasteiger partial charge on any atom is -0.459 e. The maximum atomic E-state index is 13.9. The van der Waals surface area contributed by atoms with Crippen LogP contribution in [0.15, 0.2) is 74.5 Å². The lowest BCUT2D eigenvalue weighted by atomic mass is 9.96. The fourth-order valence-corrected chi connectivity index (χ4v) is 6.01. The molecular weight excluding hydrogens is 490 g/mol. The van der Waals surface area contributed by atoms with Gasteiger partial charge in [0, 0.05) is 27.1 Å². The molecule has 2 aromatic carbocycles. The van der Waals surface area contributed by atoms with E-state index in [0.717, 1.165) is 32.6 Å². The number of nitrogens with zero attached hydrogens (tertiary/aromatic N) is 2. The number of aryl methyl sites for hydroxylation is 1. The lowest BCUT2D eigenvalue weighted by Gasteiger charge is -2.25. The highest BCUT2D eigenvalue weighted by atomic mass is 32.2. The number of nitrogens with one attached hydrogen (secondary N) is 1. The van der Waals surface area contributed by atoms with Crippen LogP contribution in [0, 0.1) is 6.92 Å². The molecule has 0 unspecified atom stereocenters. The average molecular weight is 518 g/mol. The molecular formula is C28H27N3O3S2. The van der Waals surface area contributed by atoms with E-state index in [4.69, 9.17) is 4.74 Å². The normalized spacial score (nSPS) is 15.9. The molecule has 0 saturated carbocycles. The van der Waals surface area contributed by atoms with E-state index in [0.29, 0.717) is 20.6 Å². The predicted octanol–water partition coefficient (Wildman–Crippen LogP) is 4.70. The van der Waals surface area contributed by atoms with Crippen molar-refractivity contribution in [2.24, 2.45) is 4.99 Å². The van der Waals surface area contributed by atoms with Gasteiger partial charge in [-0.15, -0.1) is 11.8 Å². The summed E-state index contributed by atoms with van der Waals surface area (Å²) >= 11 is 2.98. The van der Waals surface area contributed by atoms with Crippen LogP contribution < -0.4 is 14.9 Å². The number of fused-ring (bicyclic) bond motifs is 2. The van der Waals surface area contributed by atoms with Crippen molar-refractivity contribution in [3.8, 4) is 0 Å². The summed E-state index contributed by atoms with van der Waals surface area (Å²) in [6, 6.07) is 15.4. The van der Waals surface area contributed by atoms with Gasteiger partial charge < -0.3 is 9.72 Å². The molecule has 1 aliphatic heterocycles. The first-order valence-corrected chi connectivity index (χ1v) is 13.8. The summed E-state index contributed by atoms with van der Waals surface area (Å²) in [4.78, 5) is 36.9. The molecule has 36 heavy (non-hydrogen) atoms. The Hall–Kier alpha value is -3.36. The topological polar surface area (TPSA) is 76.4 Å². The summed E-state index contributed by atoms with van der Waals surface area (Å²) in [6.07, 6.45) is 3.66. The van der Waals surface area contributed by atoms with E-state index in [1.54, 1.807) is 23.3 Å². The molecule has 4 aromatic rings. The Bertz CT molecular complexity index is 1690. The third kappa shape index (κ3) is 4.24. The Balaban J connectivity index is 1.74. The quantitative estimate of drug-likeness (QED) is 0.308. The van der Waals surface area contributed by atoms with E-state index in [1.807, 2.05) is 81.6 Å². The number of ether oxygens (including phenoxy) is 1. The number of hydrogen-bond donors (Lipinski definition) is 1. The van der Waals surface area contributed by atoms with Crippen LogP contribution in [0.2, 0.25) is 0 Å². The van der Waals surface area contributed by atoms with Crippen LogP contribution in [0.25, 0.3) is 17.0 Å². The summed E-state index contributed by atoms with van der Waals surface area (Å²) in [7, 11) is 0. The van der Waals surface area contributed by atoms with Crippen molar-refractivity contribution in [3.05, 3.63) is 96.3 Å². The molecule has 0 spiro atoms. The standard InChI is InChI=1S/C28H27N3O3S2/c1-15(2)34-27(33)24-17(4)30-28-31(25(24)18-10-12-19(35-5)13-11-18)26(32)23(36-28)14-21-16(3)29-22-9-7-6-8-20(21)22/h6-15,25,29H,1-5H3/b23-14-/t25-/m1/s1. The van der Waals surface area contributed by atoms with Crippen LogP contribution in [-0.2, 0) is 9.53 Å². The van der Waals surface area contributed by atoms with Crippen LogP contribution >= 0.6 is 23.1 Å². The zero-order valence-corrected chi connectivity index (χ0v) is 22.4. The largest absolute Gasteiger partial charge is 0.459 e. The average Bonchev–Trinajstić information content (AvgIpc) is 3.33. The van der Waals surface area contributed by atoms with Gasteiger partial charge in [0.1, 0.15) is 0 Å². The molecule has 1 aliphatic rings. The van der Waals surface area contributed by atoms with Crippen molar-refractivity contribution in [2.75, 3.05) is 6.26 Å². The van der Waals surface area contributed by atoms with Gasteiger partial charge in [-0.1, -0.05) is 41.7 Å². The molecule has 184 valence electrons. The van der Waals surface area contributed by atoms with Gasteiger partial charge >= 0.3 is 5.97 Å². The maximum Gasteiger partial charge on any atom is 0.338 e. The van der Waals surface area contributed by atoms with E-state index >= 15 is 0 Å². The molecule has 3 heterocycles. The Morgan fingerprint density at radius 3 is 2.58 bits per heavy atom. The van der Waals surface area contributed by atoms with E-state index in [1.165, 1.54) is 11.3 Å². The maximum absolute atomic E-state index is 13.9. The molecule has 0 amide bonds. The molecule has 0 saturated heterocycles. The number of thiazole rings is 1. The van der Waals surface area contributed by atoms with Gasteiger partial charge in [0.15, 0.2) is 4.80 Å². The first-order chi connectivity index (χ1) is 17.3. The number of benzene rings is 2. The minimum atomic E-state index is -0.616. The molecule has 0 aliphatic carbocycles. The van der Waals surface area contributed by atoms with Crippen LogP contribution in [0.3, 0.4) is 0 Å². The molecule has 8 heteroatoms. The third-order valence-corrected chi connectivity index (χ3v) is 7.96. The number of aromatic amines is 1. The highest BCUT2D eigenvalue weighted by Crippen LogP contribution is 2.32. The molecule has 6 nitrogen and oxygen atoms in total. The van der Waals surface area contributed by atoms with Crippen molar-refractivity contribution in [2.45, 2.75) is 44.7 Å². The Labute approximate surface area is 217 Å². The van der Waals surface area contributed by atoms with E-state index in [2.05, 4.69) is 9.98 Å². The highest BCUT2D eigenvalue weighted by Gasteiger charge is 2.33. The number of aromatic nitrogens is 2. The smallest absolute Gasteiger partial charge is 0.338 e. The van der Waals surface area contributed by atoms with Gasteiger partial charge in [-0.3, -0.25) is 9.36 Å². The van der Waals surface area contributed by atoms with Gasteiger partial charge in [-0.2, -0.15) is 0 Å². The number of hydrogen-bond acceptors (Lipinski definition) is 6. The molecule has 1 atom stereocenters. The van der Waals surface area contributed by atoms with Gasteiger partial charge in [-0.25, -0.2) is 9.79 Å². The molecule has 1 N–H and O–H groups in total. The van der Waals surface area contributed by atoms with Crippen molar-refractivity contribution in [1.29, 1.82) is 0 Å². The second-order valence-corrected chi connectivity index (χ2v) is 10.9. The SMILES string of the molecule is CSc1ccc([C@@H]2C(C(=O)OC(C)C)=C(C)N=c3s/c(=C\c4c(C)[nH]c5ccccc45)c(=O)n32)cc1. The van der Waals surface area contributed by atoms with Gasteiger partial charge in [0.2, 0.25) is 0 Å². The minimum absolute atomic E-state index is 0.176. The van der Waals surface area contributed by atoms with E-state index in [-0.39, 0.29) is 11.7 Å². The molecule has 5 rings (SSSR count). The van der Waals surface area contributed by atoms with Gasteiger partial charge in [-0.05, 0) is 63.8 Å². The number of thioether (sulfide) groups is 1. The second kappa shape index (κ2) is 9.59. The Morgan fingerprint density at radius 2 is 1.89 bits per heavy atom. The van der Waals surface area contributed by atoms with Crippen molar-refractivity contribution in [1.82, 2.24) is 9.55 Å². The van der Waals surface area contributed by atoms with E-state index in [9.17, 15) is 9.59 Å². The summed E-state index contributed by atoms with van der Waals surface area (Å²) in [5, 5.41) is 1.06. The summed E-state index contributed by atoms with van der Waals surface area (Å²) in [6.45, 7) is 7.44. The van der Waals surface area contributed by atoms with Crippen molar-refractivity contribution >= 4 is 46.0 Å². The van der Waals surface area contributed by atoms with Crippen LogP contribution in [0.1, 0.15) is 43.6 Å². The van der Waals surface area contributed by atoms with E-state index < -0.39 is 12.0 Å². The molecule has 2 aromatic heterocycles. The number of allylic oxidation sites excluding steroid dienone is 1. The summed E-state index contributed by atoms with van der Waals surface area (Å²) < 4.78 is 7.79. The predicted molar refractivity (Wildman–Crippen MR) is 146 cm³/mol. The zero-order chi connectivity index (χ0) is 25.6. The lowest BCUT2D eigenvalue weighted by Crippen LogP contribution is -2.40. The van der Waals surface area contributed by atoms with Crippen molar-refractivity contribution < 1.29 is 9.53 Å². The molecule has 0 bridgehead atoms. The Morgan fingerprint density at radius 1 is 1.17 bits per heavy atom. The number of carbonyl (C=O) groups is 1. The van der Waals surface area contributed by atoms with Crippen LogP contribution in [-0.4, -0.2) is 27.9 Å². The summed E-state index contributed by atoms with van der Waals surface area (Å²) in [5.74, 6) is -0.452. The highest BCUT2D eigenvalue weighted by molar-refractivity contribution is 7.98. The number of rotatable bonds is 5. The van der Waals surface area contributed by atoms with Crippen LogP contribution in [0.5, 0.6) is 0 Å². The number of carbonyl (C=O) groups excluding carboxylic acids is 1. The number of H-pyrrole nitrogens is 1. The van der Waals surface area contributed by atoms with Crippen molar-refractivity contribution in [3.63, 3.8) is 0 Å². The first kappa shape index (κ1) is 24.3. The number of esters is 1. The fourth-order valence-electron chi connectivity index (χ4n) is 4.58.